The summed E-state index contributed by atoms with van der Waals surface area (Å²) >= 11 is 5.49. The van der Waals surface area contributed by atoms with Crippen LogP contribution in [0.4, 0.5) is 22.0 Å². The van der Waals surface area contributed by atoms with Crippen molar-refractivity contribution in [2.24, 2.45) is 0 Å². The maximum absolute atomic E-state index is 15.1. The molecule has 0 bridgehead atoms. The number of aryl methyl sites for hydroxylation is 2. The maximum atomic E-state index is 15.1. The van der Waals surface area contributed by atoms with Crippen molar-refractivity contribution in [1.29, 1.82) is 0 Å². The van der Waals surface area contributed by atoms with E-state index in [4.69, 9.17) is 16.3 Å². The molecular weight excluding hydrogens is 459 g/mol. The van der Waals surface area contributed by atoms with E-state index in [1.54, 1.807) is 19.1 Å². The average molecular weight is 477 g/mol. The lowest BCUT2D eigenvalue weighted by Gasteiger charge is -2.11. The number of benzene rings is 4. The third-order valence-electron chi connectivity index (χ3n) is 5.38. The zero-order valence-corrected chi connectivity index (χ0v) is 18.2. The molecule has 0 saturated heterocycles. The number of fused-ring (bicyclic) bond motifs is 1. The van der Waals surface area contributed by atoms with Crippen LogP contribution in [0.25, 0.3) is 21.9 Å². The Kier molecular flexibility index (Phi) is 6.56. The van der Waals surface area contributed by atoms with E-state index in [1.807, 2.05) is 0 Å². The van der Waals surface area contributed by atoms with Crippen LogP contribution >= 0.6 is 11.6 Å². The van der Waals surface area contributed by atoms with E-state index in [1.165, 1.54) is 18.2 Å². The van der Waals surface area contributed by atoms with E-state index < -0.39 is 34.1 Å². The Morgan fingerprint density at radius 2 is 1.42 bits per heavy atom. The highest BCUT2D eigenvalue weighted by Gasteiger charge is 2.16. The molecule has 1 nitrogen and oxygen atoms in total. The van der Waals surface area contributed by atoms with Crippen molar-refractivity contribution in [1.82, 2.24) is 0 Å². The molecule has 4 rings (SSSR count). The van der Waals surface area contributed by atoms with Gasteiger partial charge in [-0.1, -0.05) is 35.9 Å². The van der Waals surface area contributed by atoms with Crippen LogP contribution in [0.1, 0.15) is 18.1 Å². The lowest BCUT2D eigenvalue weighted by atomic mass is 9.96. The quantitative estimate of drug-likeness (QED) is 0.202. The normalized spacial score (nSPS) is 11.2. The van der Waals surface area contributed by atoms with Gasteiger partial charge in [0.25, 0.3) is 0 Å². The van der Waals surface area contributed by atoms with E-state index in [2.05, 4.69) is 0 Å². The molecule has 0 N–H and O–H groups in total. The molecule has 0 spiro atoms. The van der Waals surface area contributed by atoms with Crippen molar-refractivity contribution in [2.75, 3.05) is 6.61 Å². The molecule has 0 amide bonds. The molecule has 0 aliphatic heterocycles. The fraction of sp³-hybridized carbons (Fsp3) is 0.154. The summed E-state index contributed by atoms with van der Waals surface area (Å²) in [5.74, 6) is -3.71. The van der Waals surface area contributed by atoms with Crippen molar-refractivity contribution in [2.45, 2.75) is 19.8 Å². The first-order valence-corrected chi connectivity index (χ1v) is 10.6. The summed E-state index contributed by atoms with van der Waals surface area (Å²) in [4.78, 5) is 0. The molecule has 7 heteroatoms. The molecular formula is C26H18ClF5O. The van der Waals surface area contributed by atoms with Gasteiger partial charge in [0, 0.05) is 17.5 Å². The van der Waals surface area contributed by atoms with Crippen LogP contribution in [0.5, 0.6) is 5.75 Å². The Morgan fingerprint density at radius 3 is 2.06 bits per heavy atom. The Balaban J connectivity index is 1.63. The monoisotopic (exact) mass is 476 g/mol. The minimum atomic E-state index is -0.869. The van der Waals surface area contributed by atoms with Crippen molar-refractivity contribution in [3.63, 3.8) is 0 Å². The molecule has 0 heterocycles. The number of ether oxygens (including phenoxy) is 1. The Hall–Kier alpha value is -3.12. The number of rotatable bonds is 6. The zero-order valence-electron chi connectivity index (χ0n) is 17.5. The third kappa shape index (κ3) is 4.67. The minimum absolute atomic E-state index is 0.0909. The van der Waals surface area contributed by atoms with Crippen LogP contribution in [-0.4, -0.2) is 6.61 Å². The molecule has 0 saturated carbocycles. The molecule has 0 fully saturated rings. The van der Waals surface area contributed by atoms with Crippen LogP contribution in [0.2, 0.25) is 5.02 Å². The van der Waals surface area contributed by atoms with Gasteiger partial charge >= 0.3 is 0 Å². The van der Waals surface area contributed by atoms with Crippen molar-refractivity contribution < 1.29 is 26.7 Å². The number of hydrogen-bond acceptors (Lipinski definition) is 1. The smallest absolute Gasteiger partial charge is 0.145 e. The van der Waals surface area contributed by atoms with E-state index in [-0.39, 0.29) is 41.7 Å². The predicted octanol–water partition coefficient (Wildman–Crippen LogP) is 8.04. The van der Waals surface area contributed by atoms with Crippen LogP contribution < -0.4 is 4.74 Å². The average Bonchev–Trinajstić information content (AvgIpc) is 2.76. The van der Waals surface area contributed by atoms with Crippen molar-refractivity contribution in [3.8, 4) is 16.9 Å². The summed E-state index contributed by atoms with van der Waals surface area (Å²) < 4.78 is 76.6. The Bertz CT molecular complexity index is 1310. The van der Waals surface area contributed by atoms with E-state index >= 15 is 4.39 Å². The topological polar surface area (TPSA) is 9.23 Å². The number of hydrogen-bond donors (Lipinski definition) is 0. The fourth-order valence-corrected chi connectivity index (χ4v) is 3.90. The summed E-state index contributed by atoms with van der Waals surface area (Å²) in [6, 6.07) is 12.1. The lowest BCUT2D eigenvalue weighted by Crippen LogP contribution is -1.98. The van der Waals surface area contributed by atoms with Gasteiger partial charge in [0.2, 0.25) is 0 Å². The van der Waals surface area contributed by atoms with Crippen LogP contribution in [0.3, 0.4) is 0 Å². The Labute approximate surface area is 192 Å². The minimum Gasteiger partial charge on any atom is -0.494 e. The van der Waals surface area contributed by atoms with Crippen LogP contribution in [0, 0.1) is 29.1 Å². The van der Waals surface area contributed by atoms with Gasteiger partial charge in [0.1, 0.15) is 39.9 Å². The first kappa shape index (κ1) is 23.1. The molecule has 33 heavy (non-hydrogen) atoms. The fourth-order valence-electron chi connectivity index (χ4n) is 3.79. The van der Waals surface area contributed by atoms with Crippen molar-refractivity contribution in [3.05, 3.63) is 99.8 Å². The number of halogens is 6. The highest BCUT2D eigenvalue weighted by atomic mass is 35.5. The highest BCUT2D eigenvalue weighted by Crippen LogP contribution is 2.33. The van der Waals surface area contributed by atoms with Crippen LogP contribution in [0.15, 0.2) is 54.6 Å². The third-order valence-corrected chi connectivity index (χ3v) is 5.74. The van der Waals surface area contributed by atoms with Gasteiger partial charge in [0.15, 0.2) is 0 Å². The van der Waals surface area contributed by atoms with Gasteiger partial charge in [-0.2, -0.15) is 0 Å². The summed E-state index contributed by atoms with van der Waals surface area (Å²) in [5, 5.41) is 0.160. The first-order chi connectivity index (χ1) is 15.8. The second-order valence-corrected chi connectivity index (χ2v) is 7.92. The molecule has 4 aromatic rings. The second-order valence-electron chi connectivity index (χ2n) is 7.54. The summed E-state index contributed by atoms with van der Waals surface area (Å²) in [6.07, 6.45) is 0.403. The van der Waals surface area contributed by atoms with Gasteiger partial charge in [-0.25, -0.2) is 22.0 Å². The van der Waals surface area contributed by atoms with E-state index in [9.17, 15) is 17.6 Å². The lowest BCUT2D eigenvalue weighted by molar-refractivity contribution is 0.336. The molecule has 0 aromatic heterocycles. The molecule has 4 aromatic carbocycles. The molecule has 170 valence electrons. The molecule has 0 unspecified atom stereocenters. The molecule has 0 radical (unpaired) electrons. The van der Waals surface area contributed by atoms with Gasteiger partial charge in [-0.05, 0) is 60.0 Å². The van der Waals surface area contributed by atoms with Gasteiger partial charge in [0.05, 0.1) is 12.2 Å². The van der Waals surface area contributed by atoms with Gasteiger partial charge in [-0.15, -0.1) is 0 Å². The van der Waals surface area contributed by atoms with E-state index in [0.29, 0.717) is 16.5 Å². The standard InChI is InChI=1S/C26H18ClF5O/c1-2-33-18-12-20(28)24(21(29)13-18)17-7-8-19-16(11-17)6-5-15(26(19)32)4-3-14-9-22(30)25(27)23(31)10-14/h5-13H,2-4H2,1H3. The largest absolute Gasteiger partial charge is 0.494 e. The molecule has 0 atom stereocenters. The molecule has 0 aliphatic carbocycles. The summed E-state index contributed by atoms with van der Waals surface area (Å²) in [6.45, 7) is 1.99. The SMILES string of the molecule is CCOc1cc(F)c(-c2ccc3c(F)c(CCc4cc(F)c(Cl)c(F)c4)ccc3c2)c(F)c1. The second kappa shape index (κ2) is 9.40. The summed E-state index contributed by atoms with van der Waals surface area (Å²) in [7, 11) is 0. The zero-order chi connectivity index (χ0) is 23.7. The van der Waals surface area contributed by atoms with Gasteiger partial charge in [-0.3, -0.25) is 0 Å². The maximum Gasteiger partial charge on any atom is 0.145 e. The predicted molar refractivity (Wildman–Crippen MR) is 119 cm³/mol. The van der Waals surface area contributed by atoms with E-state index in [0.717, 1.165) is 24.3 Å². The first-order valence-electron chi connectivity index (χ1n) is 10.2. The molecule has 0 aliphatic rings. The summed E-state index contributed by atoms with van der Waals surface area (Å²) in [5.41, 5.74) is 0.742. The Morgan fingerprint density at radius 1 is 0.758 bits per heavy atom. The van der Waals surface area contributed by atoms with Gasteiger partial charge < -0.3 is 4.74 Å². The van der Waals surface area contributed by atoms with Crippen LogP contribution in [-0.2, 0) is 12.8 Å². The van der Waals surface area contributed by atoms with Crippen molar-refractivity contribution >= 4 is 22.4 Å². The highest BCUT2D eigenvalue weighted by molar-refractivity contribution is 6.30.